The SMILES string of the molecule is CCC(CC)C(NN)c1ccc(OC)c(OC)c1OC. The minimum Gasteiger partial charge on any atom is -0.493 e. The molecule has 5 nitrogen and oxygen atoms in total. The molecule has 3 N–H and O–H groups in total. The summed E-state index contributed by atoms with van der Waals surface area (Å²) in [6.07, 6.45) is 2.06. The van der Waals surface area contributed by atoms with Gasteiger partial charge in [-0.05, 0) is 18.1 Å². The van der Waals surface area contributed by atoms with E-state index in [-0.39, 0.29) is 6.04 Å². The molecule has 20 heavy (non-hydrogen) atoms. The molecule has 0 spiro atoms. The summed E-state index contributed by atoms with van der Waals surface area (Å²) in [6, 6.07) is 3.87. The van der Waals surface area contributed by atoms with Gasteiger partial charge in [0, 0.05) is 5.56 Å². The van der Waals surface area contributed by atoms with E-state index in [1.54, 1.807) is 21.3 Å². The third-order valence-electron chi connectivity index (χ3n) is 3.77. The van der Waals surface area contributed by atoms with Crippen LogP contribution < -0.4 is 25.5 Å². The van der Waals surface area contributed by atoms with Crippen LogP contribution in [0.3, 0.4) is 0 Å². The van der Waals surface area contributed by atoms with Gasteiger partial charge >= 0.3 is 0 Å². The predicted molar refractivity (Wildman–Crippen MR) is 80.2 cm³/mol. The van der Waals surface area contributed by atoms with Crippen molar-refractivity contribution in [1.29, 1.82) is 0 Å². The Morgan fingerprint density at radius 1 is 1.00 bits per heavy atom. The average Bonchev–Trinajstić information content (AvgIpc) is 2.50. The van der Waals surface area contributed by atoms with Crippen molar-refractivity contribution in [3.63, 3.8) is 0 Å². The molecule has 0 saturated heterocycles. The van der Waals surface area contributed by atoms with Crippen LogP contribution in [0.25, 0.3) is 0 Å². The summed E-state index contributed by atoms with van der Waals surface area (Å²) in [6.45, 7) is 4.32. The van der Waals surface area contributed by atoms with Gasteiger partial charge in [-0.1, -0.05) is 26.7 Å². The van der Waals surface area contributed by atoms with Crippen LogP contribution in [0.2, 0.25) is 0 Å². The number of ether oxygens (including phenoxy) is 3. The fourth-order valence-electron chi connectivity index (χ4n) is 2.61. The van der Waals surface area contributed by atoms with Crippen LogP contribution in [0.5, 0.6) is 17.2 Å². The van der Waals surface area contributed by atoms with Gasteiger partial charge in [0.15, 0.2) is 11.5 Å². The molecule has 5 heteroatoms. The van der Waals surface area contributed by atoms with Crippen molar-refractivity contribution < 1.29 is 14.2 Å². The van der Waals surface area contributed by atoms with Gasteiger partial charge in [-0.2, -0.15) is 0 Å². The van der Waals surface area contributed by atoms with Crippen molar-refractivity contribution in [2.24, 2.45) is 11.8 Å². The zero-order valence-electron chi connectivity index (χ0n) is 13.0. The Balaban J connectivity index is 3.35. The van der Waals surface area contributed by atoms with Crippen LogP contribution in [0.15, 0.2) is 12.1 Å². The first-order valence-corrected chi connectivity index (χ1v) is 6.93. The molecule has 0 bridgehead atoms. The van der Waals surface area contributed by atoms with Gasteiger partial charge in [-0.3, -0.25) is 11.3 Å². The zero-order valence-corrected chi connectivity index (χ0v) is 13.0. The van der Waals surface area contributed by atoms with Crippen molar-refractivity contribution >= 4 is 0 Å². The van der Waals surface area contributed by atoms with Gasteiger partial charge in [0.2, 0.25) is 5.75 Å². The number of nitrogens with one attached hydrogen (secondary N) is 1. The van der Waals surface area contributed by atoms with E-state index in [0.29, 0.717) is 23.2 Å². The van der Waals surface area contributed by atoms with Gasteiger partial charge in [0.1, 0.15) is 0 Å². The molecular weight excluding hydrogens is 256 g/mol. The van der Waals surface area contributed by atoms with Gasteiger partial charge in [-0.15, -0.1) is 0 Å². The van der Waals surface area contributed by atoms with Gasteiger partial charge in [0.05, 0.1) is 27.4 Å². The summed E-state index contributed by atoms with van der Waals surface area (Å²) in [5, 5.41) is 0. The summed E-state index contributed by atoms with van der Waals surface area (Å²) in [5.74, 6) is 8.10. The van der Waals surface area contributed by atoms with Crippen LogP contribution in [0.1, 0.15) is 38.3 Å². The molecule has 0 heterocycles. The number of hydrazine groups is 1. The lowest BCUT2D eigenvalue weighted by molar-refractivity contribution is 0.303. The number of benzene rings is 1. The molecule has 0 aliphatic rings. The molecule has 114 valence electrons. The fourth-order valence-corrected chi connectivity index (χ4v) is 2.61. The smallest absolute Gasteiger partial charge is 0.203 e. The predicted octanol–water partition coefficient (Wildman–Crippen LogP) is 2.65. The van der Waals surface area contributed by atoms with Crippen molar-refractivity contribution in [1.82, 2.24) is 5.43 Å². The Morgan fingerprint density at radius 2 is 1.60 bits per heavy atom. The molecule has 0 aliphatic carbocycles. The topological polar surface area (TPSA) is 65.7 Å². The molecular formula is C15H26N2O3. The number of methoxy groups -OCH3 is 3. The molecule has 0 fully saturated rings. The van der Waals surface area contributed by atoms with Gasteiger partial charge < -0.3 is 14.2 Å². The van der Waals surface area contributed by atoms with Crippen LogP contribution in [0.4, 0.5) is 0 Å². The molecule has 1 unspecified atom stereocenters. The second-order valence-electron chi connectivity index (χ2n) is 4.64. The van der Waals surface area contributed by atoms with Crippen molar-refractivity contribution in [2.45, 2.75) is 32.7 Å². The lowest BCUT2D eigenvalue weighted by Gasteiger charge is -2.27. The summed E-state index contributed by atoms with van der Waals surface area (Å²) < 4.78 is 16.3. The maximum absolute atomic E-state index is 5.76. The standard InChI is InChI=1S/C15H26N2O3/c1-6-10(7-2)13(17-16)11-8-9-12(18-3)15(20-5)14(11)19-4/h8-10,13,17H,6-7,16H2,1-5H3. The van der Waals surface area contributed by atoms with Crippen LogP contribution in [0, 0.1) is 5.92 Å². The first kappa shape index (κ1) is 16.6. The molecule has 0 saturated carbocycles. The summed E-state index contributed by atoms with van der Waals surface area (Å²) in [5.41, 5.74) is 3.89. The van der Waals surface area contributed by atoms with Crippen LogP contribution in [-0.2, 0) is 0 Å². The molecule has 1 rings (SSSR count). The summed E-state index contributed by atoms with van der Waals surface area (Å²) in [7, 11) is 4.84. The highest BCUT2D eigenvalue weighted by atomic mass is 16.5. The van der Waals surface area contributed by atoms with E-state index in [2.05, 4.69) is 19.3 Å². The van der Waals surface area contributed by atoms with Crippen LogP contribution >= 0.6 is 0 Å². The molecule has 1 aromatic carbocycles. The minimum atomic E-state index is 0.0137. The molecule has 1 atom stereocenters. The molecule has 0 aliphatic heterocycles. The summed E-state index contributed by atoms with van der Waals surface area (Å²) >= 11 is 0. The second-order valence-corrected chi connectivity index (χ2v) is 4.64. The lowest BCUT2D eigenvalue weighted by Crippen LogP contribution is -2.33. The fraction of sp³-hybridized carbons (Fsp3) is 0.600. The van der Waals surface area contributed by atoms with Crippen molar-refractivity contribution in [3.05, 3.63) is 17.7 Å². The largest absolute Gasteiger partial charge is 0.493 e. The highest BCUT2D eigenvalue weighted by molar-refractivity contribution is 5.56. The number of rotatable bonds is 8. The van der Waals surface area contributed by atoms with E-state index in [1.165, 1.54) is 0 Å². The first-order valence-electron chi connectivity index (χ1n) is 6.93. The highest BCUT2D eigenvalue weighted by Gasteiger charge is 2.26. The maximum Gasteiger partial charge on any atom is 0.203 e. The Labute approximate surface area is 121 Å². The van der Waals surface area contributed by atoms with E-state index in [9.17, 15) is 0 Å². The van der Waals surface area contributed by atoms with E-state index >= 15 is 0 Å². The Hall–Kier alpha value is -1.46. The van der Waals surface area contributed by atoms with Crippen molar-refractivity contribution in [2.75, 3.05) is 21.3 Å². The number of hydrogen-bond acceptors (Lipinski definition) is 5. The second kappa shape index (κ2) is 7.97. The van der Waals surface area contributed by atoms with Gasteiger partial charge in [0.25, 0.3) is 0 Å². The Kier molecular flexibility index (Phi) is 6.61. The lowest BCUT2D eigenvalue weighted by atomic mass is 9.88. The third kappa shape index (κ3) is 3.16. The number of hydrogen-bond donors (Lipinski definition) is 2. The normalized spacial score (nSPS) is 12.3. The molecule has 0 amide bonds. The van der Waals surface area contributed by atoms with E-state index in [4.69, 9.17) is 20.1 Å². The van der Waals surface area contributed by atoms with E-state index in [0.717, 1.165) is 18.4 Å². The molecule has 0 radical (unpaired) electrons. The quantitative estimate of drug-likeness (QED) is 0.567. The van der Waals surface area contributed by atoms with E-state index in [1.807, 2.05) is 12.1 Å². The summed E-state index contributed by atoms with van der Waals surface area (Å²) in [4.78, 5) is 0. The third-order valence-corrected chi connectivity index (χ3v) is 3.77. The van der Waals surface area contributed by atoms with Gasteiger partial charge in [-0.25, -0.2) is 0 Å². The first-order chi connectivity index (χ1) is 9.68. The maximum atomic E-state index is 5.76. The monoisotopic (exact) mass is 282 g/mol. The molecule has 0 aromatic heterocycles. The Bertz CT molecular complexity index is 420. The average molecular weight is 282 g/mol. The number of nitrogens with two attached hydrogens (primary N) is 1. The van der Waals surface area contributed by atoms with E-state index < -0.39 is 0 Å². The minimum absolute atomic E-state index is 0.0137. The van der Waals surface area contributed by atoms with Crippen LogP contribution in [-0.4, -0.2) is 21.3 Å². The van der Waals surface area contributed by atoms with Crippen molar-refractivity contribution in [3.8, 4) is 17.2 Å². The Morgan fingerprint density at radius 3 is 2.00 bits per heavy atom. The zero-order chi connectivity index (χ0) is 15.1. The molecule has 1 aromatic rings. The highest BCUT2D eigenvalue weighted by Crippen LogP contribution is 2.44.